The van der Waals surface area contributed by atoms with Crippen LogP contribution in [0.5, 0.6) is 0 Å². The molecule has 0 atom stereocenters. The van der Waals surface area contributed by atoms with Crippen LogP contribution in [0.15, 0.2) is 24.8 Å². The number of aromatic nitrogens is 4. The average molecular weight is 387 g/mol. The van der Waals surface area contributed by atoms with Crippen molar-refractivity contribution in [2.24, 2.45) is 5.41 Å². The topological polar surface area (TPSA) is 93.1 Å². The number of fused-ring (bicyclic) bond motifs is 3. The third-order valence-corrected chi connectivity index (χ3v) is 8.81. The standard InChI is InChI=1S/C18H21N5O3S/c1-26-12-5-22(6-12)27(24,25)10-17-7-18(8-17,9-17)23-11-21-14-4-20-16-13(15(14)23)2-3-19-16/h2-4,11-12H,5-10H2,1H3,(H,19,20). The van der Waals surface area contributed by atoms with Crippen molar-refractivity contribution in [2.45, 2.75) is 30.9 Å². The van der Waals surface area contributed by atoms with E-state index in [2.05, 4.69) is 19.5 Å². The summed E-state index contributed by atoms with van der Waals surface area (Å²) in [5, 5.41) is 1.07. The van der Waals surface area contributed by atoms with Crippen molar-refractivity contribution in [3.05, 3.63) is 24.8 Å². The van der Waals surface area contributed by atoms with E-state index >= 15 is 0 Å². The Morgan fingerprint density at radius 1 is 1.30 bits per heavy atom. The SMILES string of the molecule is COC1CN(S(=O)(=O)CC23CC(n4cnc5cnc6[nH]ccc6c54)(C2)C3)C1. The van der Waals surface area contributed by atoms with E-state index in [0.717, 1.165) is 41.3 Å². The second kappa shape index (κ2) is 4.89. The van der Waals surface area contributed by atoms with Crippen molar-refractivity contribution in [3.8, 4) is 0 Å². The Balaban J connectivity index is 1.25. The number of methoxy groups -OCH3 is 1. The number of hydrogen-bond donors (Lipinski definition) is 1. The molecule has 4 aliphatic rings. The molecule has 8 nitrogen and oxygen atoms in total. The molecule has 3 aliphatic carbocycles. The summed E-state index contributed by atoms with van der Waals surface area (Å²) in [6, 6.07) is 2.03. The van der Waals surface area contributed by atoms with Crippen molar-refractivity contribution < 1.29 is 13.2 Å². The highest BCUT2D eigenvalue weighted by atomic mass is 32.2. The van der Waals surface area contributed by atoms with Crippen LogP contribution in [0.1, 0.15) is 19.3 Å². The summed E-state index contributed by atoms with van der Waals surface area (Å²) >= 11 is 0. The molecular weight excluding hydrogens is 366 g/mol. The zero-order valence-electron chi connectivity index (χ0n) is 15.1. The maximum Gasteiger partial charge on any atom is 0.214 e. The van der Waals surface area contributed by atoms with E-state index in [1.165, 1.54) is 0 Å². The van der Waals surface area contributed by atoms with Gasteiger partial charge in [0.05, 0.1) is 29.9 Å². The highest BCUT2D eigenvalue weighted by molar-refractivity contribution is 7.89. The number of imidazole rings is 1. The maximum atomic E-state index is 12.7. The molecule has 7 rings (SSSR count). The van der Waals surface area contributed by atoms with Crippen LogP contribution in [-0.4, -0.2) is 64.3 Å². The van der Waals surface area contributed by atoms with Gasteiger partial charge < -0.3 is 14.3 Å². The molecule has 142 valence electrons. The molecule has 0 amide bonds. The van der Waals surface area contributed by atoms with Gasteiger partial charge >= 0.3 is 0 Å². The van der Waals surface area contributed by atoms with Crippen LogP contribution in [0.4, 0.5) is 0 Å². The van der Waals surface area contributed by atoms with Crippen molar-refractivity contribution in [1.29, 1.82) is 0 Å². The van der Waals surface area contributed by atoms with E-state index in [1.54, 1.807) is 17.6 Å². The average Bonchev–Trinajstić information content (AvgIpc) is 3.14. The number of pyridine rings is 1. The third kappa shape index (κ3) is 2.02. The molecule has 4 fully saturated rings. The first-order chi connectivity index (χ1) is 12.9. The first kappa shape index (κ1) is 16.0. The van der Waals surface area contributed by atoms with Crippen molar-refractivity contribution in [2.75, 3.05) is 26.0 Å². The minimum Gasteiger partial charge on any atom is -0.379 e. The van der Waals surface area contributed by atoms with Gasteiger partial charge in [0.15, 0.2) is 0 Å². The number of H-pyrrole nitrogens is 1. The van der Waals surface area contributed by atoms with Crippen molar-refractivity contribution in [3.63, 3.8) is 0 Å². The quantitative estimate of drug-likeness (QED) is 0.715. The molecule has 9 heteroatoms. The van der Waals surface area contributed by atoms with Gasteiger partial charge in [-0.15, -0.1) is 0 Å². The number of aromatic amines is 1. The Bertz CT molecular complexity index is 1150. The maximum absolute atomic E-state index is 12.7. The highest BCUT2D eigenvalue weighted by Crippen LogP contribution is 2.72. The fourth-order valence-corrected chi connectivity index (χ4v) is 7.52. The normalized spacial score (nSPS) is 31.0. The van der Waals surface area contributed by atoms with Crippen LogP contribution in [0.25, 0.3) is 22.1 Å². The summed E-state index contributed by atoms with van der Waals surface area (Å²) in [4.78, 5) is 12.1. The molecule has 0 unspecified atom stereocenters. The van der Waals surface area contributed by atoms with E-state index in [-0.39, 0.29) is 22.8 Å². The number of nitrogens with one attached hydrogen (secondary N) is 1. The summed E-state index contributed by atoms with van der Waals surface area (Å²) in [5.41, 5.74) is 2.79. The monoisotopic (exact) mass is 387 g/mol. The lowest BCUT2D eigenvalue weighted by atomic mass is 9.40. The summed E-state index contributed by atoms with van der Waals surface area (Å²) in [7, 11) is -1.57. The molecule has 0 aromatic carbocycles. The van der Waals surface area contributed by atoms with Gasteiger partial charge in [-0.1, -0.05) is 0 Å². The molecule has 4 heterocycles. The molecule has 3 saturated carbocycles. The predicted octanol–water partition coefficient (Wildman–Crippen LogP) is 1.45. The van der Waals surface area contributed by atoms with Gasteiger partial charge in [0.25, 0.3) is 0 Å². The Labute approximate surface area is 156 Å². The molecule has 1 aliphatic heterocycles. The largest absolute Gasteiger partial charge is 0.379 e. The third-order valence-electron chi connectivity index (χ3n) is 6.75. The molecule has 0 spiro atoms. The van der Waals surface area contributed by atoms with Crippen LogP contribution in [0.2, 0.25) is 0 Å². The lowest BCUT2D eigenvalue weighted by molar-refractivity contribution is -0.169. The van der Waals surface area contributed by atoms with E-state index in [0.29, 0.717) is 13.1 Å². The zero-order valence-corrected chi connectivity index (χ0v) is 15.9. The number of hydrogen-bond acceptors (Lipinski definition) is 5. The van der Waals surface area contributed by atoms with E-state index < -0.39 is 10.0 Å². The summed E-state index contributed by atoms with van der Waals surface area (Å²) in [5.74, 6) is 0.256. The van der Waals surface area contributed by atoms with Gasteiger partial charge in [0.1, 0.15) is 11.2 Å². The Hall–Kier alpha value is -1.97. The second-order valence-corrected chi connectivity index (χ2v) is 10.5. The number of ether oxygens (including phenoxy) is 1. The molecule has 1 saturated heterocycles. The molecule has 2 bridgehead atoms. The zero-order chi connectivity index (χ0) is 18.4. The Kier molecular flexibility index (Phi) is 2.91. The summed E-state index contributed by atoms with van der Waals surface area (Å²) in [6.45, 7) is 0.982. The smallest absolute Gasteiger partial charge is 0.214 e. The predicted molar refractivity (Wildman–Crippen MR) is 99.8 cm³/mol. The molecule has 3 aromatic heterocycles. The van der Waals surface area contributed by atoms with Crippen LogP contribution in [0.3, 0.4) is 0 Å². The molecule has 0 radical (unpaired) electrons. The number of rotatable bonds is 5. The highest BCUT2D eigenvalue weighted by Gasteiger charge is 2.70. The molecule has 3 aromatic rings. The van der Waals surface area contributed by atoms with Gasteiger partial charge in [0, 0.05) is 37.3 Å². The lowest BCUT2D eigenvalue weighted by Gasteiger charge is -2.71. The first-order valence-electron chi connectivity index (χ1n) is 9.24. The van der Waals surface area contributed by atoms with Gasteiger partial charge in [0.2, 0.25) is 10.0 Å². The second-order valence-electron chi connectivity index (χ2n) is 8.53. The van der Waals surface area contributed by atoms with Crippen molar-refractivity contribution >= 4 is 32.1 Å². The Morgan fingerprint density at radius 2 is 2.07 bits per heavy atom. The van der Waals surface area contributed by atoms with Gasteiger partial charge in [-0.25, -0.2) is 18.4 Å². The van der Waals surface area contributed by atoms with Gasteiger partial charge in [-0.2, -0.15) is 4.31 Å². The molecular formula is C18H21N5O3S. The molecule has 1 N–H and O–H groups in total. The van der Waals surface area contributed by atoms with Gasteiger partial charge in [-0.05, 0) is 30.7 Å². The van der Waals surface area contributed by atoms with Gasteiger partial charge in [-0.3, -0.25) is 0 Å². The first-order valence-corrected chi connectivity index (χ1v) is 10.8. The Morgan fingerprint density at radius 3 is 2.81 bits per heavy atom. The van der Waals surface area contributed by atoms with Crippen molar-refractivity contribution in [1.82, 2.24) is 23.8 Å². The molecule has 27 heavy (non-hydrogen) atoms. The lowest BCUT2D eigenvalue weighted by Crippen LogP contribution is -2.70. The summed E-state index contributed by atoms with van der Waals surface area (Å²) in [6.07, 6.45) is 8.35. The fraction of sp³-hybridized carbons (Fsp3) is 0.556. The van der Waals surface area contributed by atoms with Crippen LogP contribution < -0.4 is 0 Å². The van der Waals surface area contributed by atoms with E-state index in [1.807, 2.05) is 18.6 Å². The van der Waals surface area contributed by atoms with E-state index in [9.17, 15) is 8.42 Å². The minimum atomic E-state index is -3.20. The fourth-order valence-electron chi connectivity index (χ4n) is 5.47. The van der Waals surface area contributed by atoms with Crippen LogP contribution in [-0.2, 0) is 20.3 Å². The minimum absolute atomic E-state index is 0.0137. The number of sulfonamides is 1. The van der Waals surface area contributed by atoms with Crippen LogP contribution in [0, 0.1) is 5.41 Å². The van der Waals surface area contributed by atoms with Crippen LogP contribution >= 0.6 is 0 Å². The van der Waals surface area contributed by atoms with E-state index in [4.69, 9.17) is 4.74 Å². The number of nitrogens with zero attached hydrogens (tertiary/aromatic N) is 4. The summed E-state index contributed by atoms with van der Waals surface area (Å²) < 4.78 is 34.4.